The molecule has 7 nitrogen and oxygen atoms in total. The Bertz CT molecular complexity index is 1030. The van der Waals surface area contributed by atoms with Gasteiger partial charge in [0.05, 0.1) is 11.6 Å². The van der Waals surface area contributed by atoms with Gasteiger partial charge in [-0.3, -0.25) is 9.59 Å². The molecule has 3 rings (SSSR count). The van der Waals surface area contributed by atoms with E-state index >= 15 is 0 Å². The van der Waals surface area contributed by atoms with E-state index in [0.717, 1.165) is 5.56 Å². The van der Waals surface area contributed by atoms with Crippen LogP contribution in [0.25, 0.3) is 0 Å². The van der Waals surface area contributed by atoms with Gasteiger partial charge in [0, 0.05) is 25.0 Å². The molecule has 1 aliphatic rings. The van der Waals surface area contributed by atoms with Crippen molar-refractivity contribution >= 4 is 27.5 Å². The SMILES string of the molecule is CC(C)(C)NS(=O)(=O)c1ccccc1NC(=O)C1CC(=O)N(Cc2ccccc2)C1. The molecule has 0 spiro atoms. The van der Waals surface area contributed by atoms with Crippen LogP contribution in [0.4, 0.5) is 5.69 Å². The molecular weight excluding hydrogens is 402 g/mol. The Morgan fingerprint density at radius 2 is 1.70 bits per heavy atom. The predicted molar refractivity (Wildman–Crippen MR) is 115 cm³/mol. The lowest BCUT2D eigenvalue weighted by Crippen LogP contribution is -2.40. The summed E-state index contributed by atoms with van der Waals surface area (Å²) in [5.74, 6) is -0.987. The van der Waals surface area contributed by atoms with Crippen molar-refractivity contribution in [3.63, 3.8) is 0 Å². The molecule has 1 saturated heterocycles. The zero-order chi connectivity index (χ0) is 21.9. The number of likely N-dealkylation sites (tertiary alicyclic amines) is 1. The molecule has 0 saturated carbocycles. The van der Waals surface area contributed by atoms with Crippen LogP contribution in [0.2, 0.25) is 0 Å². The molecule has 1 atom stereocenters. The van der Waals surface area contributed by atoms with Gasteiger partial charge in [-0.25, -0.2) is 13.1 Å². The first-order valence-corrected chi connectivity index (χ1v) is 11.3. The van der Waals surface area contributed by atoms with Crippen LogP contribution in [-0.4, -0.2) is 37.2 Å². The lowest BCUT2D eigenvalue weighted by molar-refractivity contribution is -0.128. The van der Waals surface area contributed by atoms with Gasteiger partial charge in [0.15, 0.2) is 0 Å². The number of hydrogen-bond donors (Lipinski definition) is 2. The molecule has 0 aromatic heterocycles. The molecule has 0 bridgehead atoms. The molecule has 0 aliphatic carbocycles. The summed E-state index contributed by atoms with van der Waals surface area (Å²) in [4.78, 5) is 26.8. The van der Waals surface area contributed by atoms with Gasteiger partial charge >= 0.3 is 0 Å². The lowest BCUT2D eigenvalue weighted by Gasteiger charge is -2.22. The first kappa shape index (κ1) is 22.0. The molecular formula is C22H27N3O4S. The molecule has 160 valence electrons. The molecule has 2 N–H and O–H groups in total. The normalized spacial score (nSPS) is 17.2. The molecule has 1 fully saturated rings. The summed E-state index contributed by atoms with van der Waals surface area (Å²) in [5, 5.41) is 2.71. The van der Waals surface area contributed by atoms with Crippen LogP contribution in [0.5, 0.6) is 0 Å². The zero-order valence-corrected chi connectivity index (χ0v) is 18.2. The third-order valence-corrected chi connectivity index (χ3v) is 6.49. The van der Waals surface area contributed by atoms with Crippen LogP contribution in [0.1, 0.15) is 32.8 Å². The van der Waals surface area contributed by atoms with Crippen molar-refractivity contribution in [2.24, 2.45) is 5.92 Å². The van der Waals surface area contributed by atoms with Gasteiger partial charge in [0.25, 0.3) is 0 Å². The van der Waals surface area contributed by atoms with Crippen molar-refractivity contribution in [2.75, 3.05) is 11.9 Å². The molecule has 1 unspecified atom stereocenters. The van der Waals surface area contributed by atoms with Gasteiger partial charge in [-0.1, -0.05) is 42.5 Å². The highest BCUT2D eigenvalue weighted by Crippen LogP contribution is 2.26. The van der Waals surface area contributed by atoms with E-state index in [0.29, 0.717) is 13.1 Å². The summed E-state index contributed by atoms with van der Waals surface area (Å²) in [6.07, 6.45) is 0.105. The molecule has 1 aliphatic heterocycles. The van der Waals surface area contributed by atoms with Crippen molar-refractivity contribution in [3.05, 3.63) is 60.2 Å². The zero-order valence-electron chi connectivity index (χ0n) is 17.4. The summed E-state index contributed by atoms with van der Waals surface area (Å²) in [6, 6.07) is 15.9. The molecule has 8 heteroatoms. The average molecular weight is 430 g/mol. The number of amides is 2. The summed E-state index contributed by atoms with van der Waals surface area (Å²) >= 11 is 0. The minimum atomic E-state index is -3.82. The Balaban J connectivity index is 1.72. The van der Waals surface area contributed by atoms with Crippen LogP contribution in [0.3, 0.4) is 0 Å². The Hall–Kier alpha value is -2.71. The quantitative estimate of drug-likeness (QED) is 0.738. The van der Waals surface area contributed by atoms with Gasteiger partial charge in [-0.15, -0.1) is 0 Å². The van der Waals surface area contributed by atoms with Crippen LogP contribution < -0.4 is 10.0 Å². The van der Waals surface area contributed by atoms with Gasteiger partial charge in [-0.05, 0) is 38.5 Å². The summed E-state index contributed by atoms with van der Waals surface area (Å²) < 4.78 is 28.1. The fourth-order valence-electron chi connectivity index (χ4n) is 3.40. The minimum Gasteiger partial charge on any atom is -0.338 e. The average Bonchev–Trinajstić information content (AvgIpc) is 3.02. The van der Waals surface area contributed by atoms with E-state index in [-0.39, 0.29) is 28.8 Å². The van der Waals surface area contributed by atoms with Gasteiger partial charge in [0.1, 0.15) is 4.90 Å². The largest absolute Gasteiger partial charge is 0.338 e. The molecule has 1 heterocycles. The topological polar surface area (TPSA) is 95.6 Å². The van der Waals surface area contributed by atoms with Crippen LogP contribution in [-0.2, 0) is 26.2 Å². The standard InChI is InChI=1S/C22H27N3O4S/c1-22(2,3)24-30(28,29)19-12-8-7-11-18(19)23-21(27)17-13-20(26)25(15-17)14-16-9-5-4-6-10-16/h4-12,17,24H,13-15H2,1-3H3,(H,23,27). The van der Waals surface area contributed by atoms with Crippen LogP contribution >= 0.6 is 0 Å². The number of sulfonamides is 1. The second kappa shape index (κ2) is 8.57. The first-order chi connectivity index (χ1) is 14.0. The highest BCUT2D eigenvalue weighted by atomic mass is 32.2. The minimum absolute atomic E-state index is 0.00117. The number of rotatable bonds is 6. The van der Waals surface area contributed by atoms with Crippen molar-refractivity contribution in [1.82, 2.24) is 9.62 Å². The molecule has 0 radical (unpaired) electrons. The number of para-hydroxylation sites is 1. The van der Waals surface area contributed by atoms with Crippen LogP contribution in [0, 0.1) is 5.92 Å². The maximum Gasteiger partial charge on any atom is 0.243 e. The fraction of sp³-hybridized carbons (Fsp3) is 0.364. The monoisotopic (exact) mass is 429 g/mol. The van der Waals surface area contributed by atoms with E-state index in [4.69, 9.17) is 0 Å². The third kappa shape index (κ3) is 5.46. The van der Waals surface area contributed by atoms with Gasteiger partial charge in [-0.2, -0.15) is 0 Å². The van der Waals surface area contributed by atoms with Gasteiger partial charge < -0.3 is 10.2 Å². The first-order valence-electron chi connectivity index (χ1n) is 9.81. The summed E-state index contributed by atoms with van der Waals surface area (Å²) in [5.41, 5.74) is 0.538. The molecule has 2 aromatic rings. The highest BCUT2D eigenvalue weighted by Gasteiger charge is 2.35. The van der Waals surface area contributed by atoms with E-state index in [1.54, 1.807) is 43.9 Å². The number of carbonyl (C=O) groups is 2. The third-order valence-electron chi connectivity index (χ3n) is 4.68. The predicted octanol–water partition coefficient (Wildman–Crippen LogP) is 2.75. The van der Waals surface area contributed by atoms with E-state index < -0.39 is 21.5 Å². The maximum atomic E-state index is 12.8. The van der Waals surface area contributed by atoms with Crippen molar-refractivity contribution in [3.8, 4) is 0 Å². The Morgan fingerprint density at radius 3 is 2.37 bits per heavy atom. The van der Waals surface area contributed by atoms with E-state index in [1.165, 1.54) is 6.07 Å². The molecule has 30 heavy (non-hydrogen) atoms. The second-order valence-electron chi connectivity index (χ2n) is 8.50. The Morgan fingerprint density at radius 1 is 1.07 bits per heavy atom. The van der Waals surface area contributed by atoms with E-state index in [2.05, 4.69) is 10.0 Å². The number of nitrogens with one attached hydrogen (secondary N) is 2. The van der Waals surface area contributed by atoms with Crippen molar-refractivity contribution in [2.45, 2.75) is 44.2 Å². The summed E-state index contributed by atoms with van der Waals surface area (Å²) in [6.45, 7) is 5.99. The molecule has 2 aromatic carbocycles. The van der Waals surface area contributed by atoms with E-state index in [1.807, 2.05) is 30.3 Å². The van der Waals surface area contributed by atoms with E-state index in [9.17, 15) is 18.0 Å². The van der Waals surface area contributed by atoms with Crippen LogP contribution in [0.15, 0.2) is 59.5 Å². The second-order valence-corrected chi connectivity index (χ2v) is 10.2. The Kier molecular flexibility index (Phi) is 6.28. The smallest absolute Gasteiger partial charge is 0.243 e. The number of hydrogen-bond acceptors (Lipinski definition) is 4. The number of anilines is 1. The Labute approximate surface area is 177 Å². The number of benzene rings is 2. The molecule has 2 amide bonds. The number of nitrogens with zero attached hydrogens (tertiary/aromatic N) is 1. The van der Waals surface area contributed by atoms with Crippen molar-refractivity contribution in [1.29, 1.82) is 0 Å². The lowest BCUT2D eigenvalue weighted by atomic mass is 10.1. The maximum absolute atomic E-state index is 12.8. The fourth-order valence-corrected chi connectivity index (χ4v) is 4.98. The number of carbonyl (C=O) groups excluding carboxylic acids is 2. The van der Waals surface area contributed by atoms with Gasteiger partial charge in [0.2, 0.25) is 21.8 Å². The summed E-state index contributed by atoms with van der Waals surface area (Å²) in [7, 11) is -3.82. The highest BCUT2D eigenvalue weighted by molar-refractivity contribution is 7.89. The van der Waals surface area contributed by atoms with Crippen molar-refractivity contribution < 1.29 is 18.0 Å².